The van der Waals surface area contributed by atoms with Crippen LogP contribution in [0.15, 0.2) is 24.3 Å². The molecular weight excluding hydrogens is 262 g/mol. The van der Waals surface area contributed by atoms with Crippen LogP contribution >= 0.6 is 0 Å². The average molecular weight is 281 g/mol. The number of nitrogens with two attached hydrogens (primary N) is 1. The lowest BCUT2D eigenvalue weighted by Crippen LogP contribution is -2.57. The molecule has 0 aliphatic carbocycles. The van der Waals surface area contributed by atoms with Crippen LogP contribution in [0.1, 0.15) is 25.3 Å². The van der Waals surface area contributed by atoms with E-state index in [9.17, 15) is 19.8 Å². The predicted octanol–water partition coefficient (Wildman–Crippen LogP) is 1.06. The topological polar surface area (TPSA) is 110 Å². The lowest BCUT2D eigenvalue weighted by molar-refractivity contribution is -0.161. The number of carbonyl (C=O) groups excluding carboxylic acids is 1. The summed E-state index contributed by atoms with van der Waals surface area (Å²) in [7, 11) is 0. The van der Waals surface area contributed by atoms with Crippen molar-refractivity contribution in [3.63, 3.8) is 0 Å². The summed E-state index contributed by atoms with van der Waals surface area (Å²) >= 11 is 0. The van der Waals surface area contributed by atoms with E-state index in [1.165, 1.54) is 12.1 Å². The summed E-state index contributed by atoms with van der Waals surface area (Å²) in [6.07, 6.45) is 1.22. The fourth-order valence-electron chi connectivity index (χ4n) is 1.66. The highest BCUT2D eigenvalue weighted by molar-refractivity contribution is 6.04. The second-order valence-corrected chi connectivity index (χ2v) is 4.61. The molecule has 4 N–H and O–H groups in total. The maximum Gasteiger partial charge on any atom is 0.338 e. The third-order valence-corrected chi connectivity index (χ3v) is 2.87. The smallest absolute Gasteiger partial charge is 0.338 e. The van der Waals surface area contributed by atoms with E-state index in [1.807, 2.05) is 6.92 Å². The molecule has 0 amide bonds. The number of benzene rings is 1. The van der Waals surface area contributed by atoms with Crippen molar-refractivity contribution in [3.8, 4) is 5.75 Å². The number of ether oxygens (including phenoxy) is 1. The number of unbranched alkanes of at least 4 members (excludes halogenated alkanes) is 1. The molecule has 0 aliphatic rings. The number of hydrogen-bond acceptors (Lipinski definition) is 5. The van der Waals surface area contributed by atoms with Gasteiger partial charge >= 0.3 is 11.9 Å². The van der Waals surface area contributed by atoms with Gasteiger partial charge in [-0.05, 0) is 24.1 Å². The summed E-state index contributed by atoms with van der Waals surface area (Å²) in [5.41, 5.74) is 3.99. The molecule has 0 bridgehead atoms. The van der Waals surface area contributed by atoms with Crippen molar-refractivity contribution in [2.45, 2.75) is 31.7 Å². The Morgan fingerprint density at radius 3 is 2.65 bits per heavy atom. The minimum Gasteiger partial charge on any atom is -0.508 e. The molecule has 0 radical (unpaired) electrons. The number of carboxylic acid groups (broad SMARTS) is 1. The van der Waals surface area contributed by atoms with E-state index in [2.05, 4.69) is 0 Å². The molecule has 0 heterocycles. The molecule has 0 aliphatic heterocycles. The number of hydrogen-bond donors (Lipinski definition) is 3. The normalized spacial score (nSPS) is 13.5. The van der Waals surface area contributed by atoms with Gasteiger partial charge < -0.3 is 20.7 Å². The second-order valence-electron chi connectivity index (χ2n) is 4.61. The highest BCUT2D eigenvalue weighted by atomic mass is 16.5. The molecular formula is C14H19NO5. The van der Waals surface area contributed by atoms with E-state index in [0.29, 0.717) is 12.0 Å². The molecule has 0 aromatic heterocycles. The Balaban J connectivity index is 2.86. The van der Waals surface area contributed by atoms with Gasteiger partial charge in [-0.3, -0.25) is 0 Å². The molecule has 1 aromatic carbocycles. The zero-order chi connectivity index (χ0) is 15.2. The number of carboxylic acids is 1. The Morgan fingerprint density at radius 1 is 1.40 bits per heavy atom. The largest absolute Gasteiger partial charge is 0.508 e. The molecule has 6 nitrogen and oxygen atoms in total. The Hall–Kier alpha value is -2.08. The summed E-state index contributed by atoms with van der Waals surface area (Å²) < 4.78 is 4.90. The van der Waals surface area contributed by atoms with Gasteiger partial charge in [-0.1, -0.05) is 25.5 Å². The van der Waals surface area contributed by atoms with Gasteiger partial charge in [0, 0.05) is 6.42 Å². The fraction of sp³-hybridized carbons (Fsp3) is 0.429. The number of phenols is 1. The van der Waals surface area contributed by atoms with Crippen molar-refractivity contribution in [1.82, 2.24) is 0 Å². The zero-order valence-corrected chi connectivity index (χ0v) is 11.3. The molecule has 0 spiro atoms. The van der Waals surface area contributed by atoms with Gasteiger partial charge in [0.15, 0.2) is 0 Å². The van der Waals surface area contributed by atoms with Gasteiger partial charge in [-0.25, -0.2) is 9.59 Å². The third kappa shape index (κ3) is 3.96. The van der Waals surface area contributed by atoms with Gasteiger partial charge in [-0.2, -0.15) is 0 Å². The van der Waals surface area contributed by atoms with Crippen LogP contribution in [-0.4, -0.2) is 34.3 Å². The van der Waals surface area contributed by atoms with Crippen molar-refractivity contribution in [2.24, 2.45) is 5.73 Å². The maximum atomic E-state index is 11.9. The van der Waals surface area contributed by atoms with Crippen molar-refractivity contribution >= 4 is 11.9 Å². The van der Waals surface area contributed by atoms with Crippen LogP contribution in [0.25, 0.3) is 0 Å². The Morgan fingerprint density at radius 2 is 2.10 bits per heavy atom. The van der Waals surface area contributed by atoms with E-state index in [4.69, 9.17) is 10.5 Å². The standard InChI is InChI=1S/C14H19NO5/c1-2-3-7-20-13(19)14(15,12(17)18)9-10-5-4-6-11(16)8-10/h4-6,8,16H,2-3,7,9,15H2,1H3,(H,17,18). The van der Waals surface area contributed by atoms with Gasteiger partial charge in [0.1, 0.15) is 5.75 Å². The van der Waals surface area contributed by atoms with E-state index in [-0.39, 0.29) is 18.8 Å². The van der Waals surface area contributed by atoms with Crippen molar-refractivity contribution < 1.29 is 24.5 Å². The van der Waals surface area contributed by atoms with Crippen LogP contribution in [0, 0.1) is 0 Å². The predicted molar refractivity (Wildman–Crippen MR) is 72.2 cm³/mol. The summed E-state index contributed by atoms with van der Waals surface area (Å²) in [5, 5.41) is 18.6. The number of rotatable bonds is 7. The highest BCUT2D eigenvalue weighted by Crippen LogP contribution is 2.18. The second kappa shape index (κ2) is 6.91. The van der Waals surface area contributed by atoms with Crippen LogP contribution in [0.2, 0.25) is 0 Å². The lowest BCUT2D eigenvalue weighted by Gasteiger charge is -2.22. The number of aliphatic carboxylic acids is 1. The minimum atomic E-state index is -2.15. The van der Waals surface area contributed by atoms with Gasteiger partial charge in [0.05, 0.1) is 6.61 Å². The summed E-state index contributed by atoms with van der Waals surface area (Å²) in [6.45, 7) is 2.06. The van der Waals surface area contributed by atoms with Crippen LogP contribution < -0.4 is 5.73 Å². The Labute approximate surface area is 117 Å². The summed E-state index contributed by atoms with van der Waals surface area (Å²) in [5.74, 6) is -2.45. The van der Waals surface area contributed by atoms with Crippen LogP contribution in [-0.2, 0) is 20.7 Å². The van der Waals surface area contributed by atoms with E-state index in [0.717, 1.165) is 6.42 Å². The number of carbonyl (C=O) groups is 2. The third-order valence-electron chi connectivity index (χ3n) is 2.87. The number of aromatic hydroxyl groups is 1. The van der Waals surface area contributed by atoms with Crippen LogP contribution in [0.5, 0.6) is 5.75 Å². The first kappa shape index (κ1) is 16.0. The molecule has 6 heteroatoms. The molecule has 1 rings (SSSR count). The molecule has 1 aromatic rings. The summed E-state index contributed by atoms with van der Waals surface area (Å²) in [4.78, 5) is 23.2. The monoisotopic (exact) mass is 281 g/mol. The van der Waals surface area contributed by atoms with E-state index >= 15 is 0 Å². The van der Waals surface area contributed by atoms with Gasteiger partial charge in [0.2, 0.25) is 5.54 Å². The zero-order valence-electron chi connectivity index (χ0n) is 11.3. The molecule has 0 fully saturated rings. The van der Waals surface area contributed by atoms with Gasteiger partial charge in [0.25, 0.3) is 0 Å². The molecule has 20 heavy (non-hydrogen) atoms. The first-order valence-corrected chi connectivity index (χ1v) is 6.37. The average Bonchev–Trinajstić information content (AvgIpc) is 2.38. The van der Waals surface area contributed by atoms with Crippen molar-refractivity contribution in [3.05, 3.63) is 29.8 Å². The van der Waals surface area contributed by atoms with Crippen molar-refractivity contribution in [1.29, 1.82) is 0 Å². The number of esters is 1. The van der Waals surface area contributed by atoms with Crippen LogP contribution in [0.3, 0.4) is 0 Å². The van der Waals surface area contributed by atoms with Gasteiger partial charge in [-0.15, -0.1) is 0 Å². The van der Waals surface area contributed by atoms with E-state index < -0.39 is 17.5 Å². The molecule has 0 saturated carbocycles. The lowest BCUT2D eigenvalue weighted by atomic mass is 9.92. The Kier molecular flexibility index (Phi) is 5.52. The first-order valence-electron chi connectivity index (χ1n) is 6.37. The Bertz CT molecular complexity index is 488. The highest BCUT2D eigenvalue weighted by Gasteiger charge is 2.44. The molecule has 0 saturated heterocycles. The molecule has 1 atom stereocenters. The maximum absolute atomic E-state index is 11.9. The molecule has 110 valence electrons. The molecule has 1 unspecified atom stereocenters. The first-order chi connectivity index (χ1) is 9.40. The SMILES string of the molecule is CCCCOC(=O)C(N)(Cc1cccc(O)c1)C(=O)O. The van der Waals surface area contributed by atoms with Crippen LogP contribution in [0.4, 0.5) is 0 Å². The minimum absolute atomic E-state index is 0.0189. The summed E-state index contributed by atoms with van der Waals surface area (Å²) in [6, 6.07) is 5.95. The number of phenolic OH excluding ortho intramolecular Hbond substituents is 1. The van der Waals surface area contributed by atoms with E-state index in [1.54, 1.807) is 12.1 Å². The quantitative estimate of drug-likeness (QED) is 0.391. The van der Waals surface area contributed by atoms with Crippen molar-refractivity contribution in [2.75, 3.05) is 6.61 Å². The fourth-order valence-corrected chi connectivity index (χ4v) is 1.66.